The summed E-state index contributed by atoms with van der Waals surface area (Å²) in [7, 11) is 2.06. The highest BCUT2D eigenvalue weighted by molar-refractivity contribution is 5.88. The van der Waals surface area contributed by atoms with Crippen LogP contribution in [0.5, 0.6) is 5.75 Å². The van der Waals surface area contributed by atoms with E-state index >= 15 is 0 Å². The third-order valence-electron chi connectivity index (χ3n) is 4.52. The summed E-state index contributed by atoms with van der Waals surface area (Å²) in [6.45, 7) is 2.60. The SMILES string of the molecule is CN1CCCC(C(=O)NCC#CCOc2cccc3ccccc23)C1. The number of carbonyl (C=O) groups excluding carboxylic acids is 1. The molecule has 25 heavy (non-hydrogen) atoms. The Balaban J connectivity index is 1.44. The van der Waals surface area contributed by atoms with Gasteiger partial charge in [0.25, 0.3) is 0 Å². The fraction of sp³-hybridized carbons (Fsp3) is 0.381. The smallest absolute Gasteiger partial charge is 0.225 e. The first kappa shape index (κ1) is 17.3. The largest absolute Gasteiger partial charge is 0.480 e. The van der Waals surface area contributed by atoms with Gasteiger partial charge in [0.2, 0.25) is 5.91 Å². The van der Waals surface area contributed by atoms with Crippen molar-refractivity contribution < 1.29 is 9.53 Å². The molecule has 1 N–H and O–H groups in total. The van der Waals surface area contributed by atoms with E-state index in [1.807, 2.05) is 30.3 Å². The Morgan fingerprint density at radius 3 is 2.96 bits per heavy atom. The Bertz CT molecular complexity index is 786. The number of carbonyl (C=O) groups is 1. The molecular formula is C21H24N2O2. The van der Waals surface area contributed by atoms with Crippen LogP contribution in [0.25, 0.3) is 10.8 Å². The van der Waals surface area contributed by atoms with Crippen molar-refractivity contribution in [3.63, 3.8) is 0 Å². The van der Waals surface area contributed by atoms with E-state index < -0.39 is 0 Å². The van der Waals surface area contributed by atoms with Crippen LogP contribution in [0.4, 0.5) is 0 Å². The van der Waals surface area contributed by atoms with Crippen LogP contribution < -0.4 is 10.1 Å². The minimum Gasteiger partial charge on any atom is -0.480 e. The number of likely N-dealkylation sites (tertiary alicyclic amines) is 1. The number of rotatable bonds is 4. The molecule has 0 saturated carbocycles. The highest BCUT2D eigenvalue weighted by atomic mass is 16.5. The molecule has 1 heterocycles. The molecule has 0 aliphatic carbocycles. The summed E-state index contributed by atoms with van der Waals surface area (Å²) in [5.74, 6) is 6.97. The van der Waals surface area contributed by atoms with Crippen molar-refractivity contribution in [3.8, 4) is 17.6 Å². The van der Waals surface area contributed by atoms with Gasteiger partial charge in [0, 0.05) is 11.9 Å². The maximum absolute atomic E-state index is 12.1. The summed E-state index contributed by atoms with van der Waals surface area (Å²) in [4.78, 5) is 14.3. The van der Waals surface area contributed by atoms with Crippen LogP contribution in [0.3, 0.4) is 0 Å². The summed E-state index contributed by atoms with van der Waals surface area (Å²) >= 11 is 0. The molecule has 1 fully saturated rings. The van der Waals surface area contributed by atoms with Gasteiger partial charge in [0.1, 0.15) is 12.4 Å². The van der Waals surface area contributed by atoms with E-state index in [1.165, 1.54) is 0 Å². The topological polar surface area (TPSA) is 41.6 Å². The zero-order valence-electron chi connectivity index (χ0n) is 14.6. The molecule has 2 aromatic rings. The van der Waals surface area contributed by atoms with Gasteiger partial charge >= 0.3 is 0 Å². The molecule has 1 saturated heterocycles. The second-order valence-electron chi connectivity index (χ2n) is 6.44. The summed E-state index contributed by atoms with van der Waals surface area (Å²) in [5.41, 5.74) is 0. The number of nitrogens with zero attached hydrogens (tertiary/aromatic N) is 1. The third kappa shape index (κ3) is 4.74. The molecule has 2 aromatic carbocycles. The summed E-state index contributed by atoms with van der Waals surface area (Å²) in [6, 6.07) is 14.1. The van der Waals surface area contributed by atoms with E-state index in [9.17, 15) is 4.79 Å². The third-order valence-corrected chi connectivity index (χ3v) is 4.52. The van der Waals surface area contributed by atoms with Crippen LogP contribution in [0.2, 0.25) is 0 Å². The lowest BCUT2D eigenvalue weighted by Gasteiger charge is -2.28. The maximum atomic E-state index is 12.1. The zero-order chi connectivity index (χ0) is 17.5. The second kappa shape index (κ2) is 8.55. The second-order valence-corrected chi connectivity index (χ2v) is 6.44. The minimum absolute atomic E-state index is 0.0903. The van der Waals surface area contributed by atoms with E-state index in [4.69, 9.17) is 4.74 Å². The number of hydrogen-bond acceptors (Lipinski definition) is 3. The van der Waals surface area contributed by atoms with Crippen LogP contribution in [0.15, 0.2) is 42.5 Å². The molecule has 1 aliphatic heterocycles. The summed E-state index contributed by atoms with van der Waals surface area (Å²) in [6.07, 6.45) is 2.05. The fourth-order valence-corrected chi connectivity index (χ4v) is 3.20. The molecule has 1 amide bonds. The lowest BCUT2D eigenvalue weighted by atomic mass is 9.98. The summed E-state index contributed by atoms with van der Waals surface area (Å²) in [5, 5.41) is 5.14. The molecule has 1 aliphatic rings. The van der Waals surface area contributed by atoms with Crippen LogP contribution in [0, 0.1) is 17.8 Å². The predicted octanol–water partition coefficient (Wildman–Crippen LogP) is 2.68. The van der Waals surface area contributed by atoms with E-state index in [1.54, 1.807) is 0 Å². The average molecular weight is 336 g/mol. The molecule has 4 heteroatoms. The molecule has 0 spiro atoms. The Morgan fingerprint density at radius 1 is 1.24 bits per heavy atom. The van der Waals surface area contributed by atoms with Crippen LogP contribution in [-0.2, 0) is 4.79 Å². The normalized spacial score (nSPS) is 17.6. The highest BCUT2D eigenvalue weighted by Gasteiger charge is 2.23. The molecule has 130 valence electrons. The Kier molecular flexibility index (Phi) is 5.92. The molecule has 4 nitrogen and oxygen atoms in total. The monoisotopic (exact) mass is 336 g/mol. The highest BCUT2D eigenvalue weighted by Crippen LogP contribution is 2.24. The quantitative estimate of drug-likeness (QED) is 0.873. The van der Waals surface area contributed by atoms with Gasteiger partial charge in [-0.05, 0) is 37.9 Å². The van der Waals surface area contributed by atoms with Gasteiger partial charge in [-0.1, -0.05) is 48.2 Å². The lowest BCUT2D eigenvalue weighted by molar-refractivity contribution is -0.126. The average Bonchev–Trinajstić information content (AvgIpc) is 2.64. The molecule has 3 rings (SSSR count). The van der Waals surface area contributed by atoms with Gasteiger partial charge in [0.05, 0.1) is 12.5 Å². The Hall–Kier alpha value is -2.51. The van der Waals surface area contributed by atoms with Crippen molar-refractivity contribution in [2.45, 2.75) is 12.8 Å². The van der Waals surface area contributed by atoms with E-state index in [2.05, 4.69) is 41.2 Å². The van der Waals surface area contributed by atoms with Crippen molar-refractivity contribution in [2.75, 3.05) is 33.3 Å². The van der Waals surface area contributed by atoms with Gasteiger partial charge in [0.15, 0.2) is 0 Å². The van der Waals surface area contributed by atoms with Crippen LogP contribution in [0.1, 0.15) is 12.8 Å². The zero-order valence-corrected chi connectivity index (χ0v) is 14.6. The number of nitrogens with one attached hydrogen (secondary N) is 1. The first-order valence-corrected chi connectivity index (χ1v) is 8.76. The molecule has 0 radical (unpaired) electrons. The number of piperidine rings is 1. The molecule has 0 bridgehead atoms. The van der Waals surface area contributed by atoms with Gasteiger partial charge in [-0.25, -0.2) is 0 Å². The minimum atomic E-state index is 0.0903. The first-order chi connectivity index (χ1) is 12.2. The molecular weight excluding hydrogens is 312 g/mol. The predicted molar refractivity (Wildman–Crippen MR) is 100 cm³/mol. The summed E-state index contributed by atoms with van der Waals surface area (Å²) < 4.78 is 5.76. The van der Waals surface area contributed by atoms with Crippen LogP contribution >= 0.6 is 0 Å². The molecule has 0 aromatic heterocycles. The van der Waals surface area contributed by atoms with Gasteiger partial charge in [-0.2, -0.15) is 0 Å². The van der Waals surface area contributed by atoms with Crippen molar-refractivity contribution >= 4 is 16.7 Å². The van der Waals surface area contributed by atoms with Crippen molar-refractivity contribution in [1.82, 2.24) is 10.2 Å². The number of fused-ring (bicyclic) bond motifs is 1. The van der Waals surface area contributed by atoms with E-state index in [-0.39, 0.29) is 11.8 Å². The van der Waals surface area contributed by atoms with Gasteiger partial charge < -0.3 is 15.0 Å². The van der Waals surface area contributed by atoms with Crippen molar-refractivity contribution in [2.24, 2.45) is 5.92 Å². The molecule has 1 atom stereocenters. The standard InChI is InChI=1S/C21H24N2O2/c1-23-14-7-10-18(16-23)21(24)22-13-4-5-15-25-20-12-6-9-17-8-2-3-11-19(17)20/h2-3,6,8-9,11-12,18H,7,10,13-16H2,1H3,(H,22,24). The Morgan fingerprint density at radius 2 is 2.08 bits per heavy atom. The number of amides is 1. The number of benzene rings is 2. The fourth-order valence-electron chi connectivity index (χ4n) is 3.20. The maximum Gasteiger partial charge on any atom is 0.225 e. The Labute approximate surface area is 149 Å². The number of hydrogen-bond donors (Lipinski definition) is 1. The van der Waals surface area contributed by atoms with Gasteiger partial charge in [-0.15, -0.1) is 0 Å². The van der Waals surface area contributed by atoms with Gasteiger partial charge in [-0.3, -0.25) is 4.79 Å². The molecule has 1 unspecified atom stereocenters. The van der Waals surface area contributed by atoms with Crippen LogP contribution in [-0.4, -0.2) is 44.1 Å². The number of ether oxygens (including phenoxy) is 1. The van der Waals surface area contributed by atoms with E-state index in [0.717, 1.165) is 42.5 Å². The van der Waals surface area contributed by atoms with Crippen molar-refractivity contribution in [3.05, 3.63) is 42.5 Å². The first-order valence-electron chi connectivity index (χ1n) is 8.76. The van der Waals surface area contributed by atoms with E-state index in [0.29, 0.717) is 13.2 Å². The van der Waals surface area contributed by atoms with Crippen molar-refractivity contribution in [1.29, 1.82) is 0 Å². The lowest BCUT2D eigenvalue weighted by Crippen LogP contribution is -2.41.